The number of carbonyl (C=O) groups excluding carboxylic acids is 1. The first-order chi connectivity index (χ1) is 13.0. The van der Waals surface area contributed by atoms with Crippen LogP contribution in [0.1, 0.15) is 23.2 Å². The van der Waals surface area contributed by atoms with Crippen LogP contribution in [-0.2, 0) is 0 Å². The average Bonchev–Trinajstić information content (AvgIpc) is 3.17. The second-order valence-electron chi connectivity index (χ2n) is 7.31. The van der Waals surface area contributed by atoms with E-state index in [9.17, 15) is 18.7 Å². The molecule has 0 spiro atoms. The zero-order valence-electron chi connectivity index (χ0n) is 14.6. The largest absolute Gasteiger partial charge is 0.505 e. The van der Waals surface area contributed by atoms with Crippen molar-refractivity contribution in [1.29, 1.82) is 0 Å². The lowest BCUT2D eigenvalue weighted by Gasteiger charge is -2.19. The second-order valence-corrected chi connectivity index (χ2v) is 7.31. The second kappa shape index (κ2) is 7.23. The number of hydrogen-bond donors (Lipinski definition) is 1. The number of Topliss-reactive ketones (excluding diaryl/α,β-unsaturated/α-hetero) is 1. The molecule has 2 aliphatic rings. The highest BCUT2D eigenvalue weighted by Crippen LogP contribution is 2.40. The third-order valence-corrected chi connectivity index (χ3v) is 5.44. The maximum atomic E-state index is 13.6. The number of likely N-dealkylation sites (tertiary alicyclic amines) is 1. The predicted octanol–water partition coefficient (Wildman–Crippen LogP) is 3.04. The summed E-state index contributed by atoms with van der Waals surface area (Å²) in [5, 5.41) is 9.23. The number of aromatic nitrogens is 1. The Hall–Kier alpha value is -2.54. The van der Waals surface area contributed by atoms with Gasteiger partial charge in [0, 0.05) is 24.8 Å². The minimum absolute atomic E-state index is 0.0391. The van der Waals surface area contributed by atoms with Crippen LogP contribution < -0.4 is 4.74 Å². The molecule has 1 aliphatic carbocycles. The molecule has 5 nitrogen and oxygen atoms in total. The molecule has 7 heteroatoms. The summed E-state index contributed by atoms with van der Waals surface area (Å²) in [6.45, 7) is 1.76. The molecule has 142 valence electrons. The molecule has 1 aromatic heterocycles. The Bertz CT molecular complexity index is 847. The van der Waals surface area contributed by atoms with Crippen LogP contribution in [0.4, 0.5) is 8.78 Å². The van der Waals surface area contributed by atoms with Crippen molar-refractivity contribution >= 4 is 5.78 Å². The number of phenols is 1. The van der Waals surface area contributed by atoms with E-state index in [2.05, 4.69) is 9.88 Å². The monoisotopic (exact) mass is 374 g/mol. The fourth-order valence-corrected chi connectivity index (χ4v) is 4.18. The van der Waals surface area contributed by atoms with Gasteiger partial charge in [0.25, 0.3) is 5.95 Å². The number of aromatic hydroxyl groups is 1. The van der Waals surface area contributed by atoms with Crippen LogP contribution in [0.15, 0.2) is 36.5 Å². The summed E-state index contributed by atoms with van der Waals surface area (Å²) in [7, 11) is 0. The topological polar surface area (TPSA) is 62.7 Å². The third kappa shape index (κ3) is 3.78. The van der Waals surface area contributed by atoms with Crippen molar-refractivity contribution in [3.8, 4) is 11.5 Å². The third-order valence-electron chi connectivity index (χ3n) is 5.44. The molecule has 2 aromatic rings. The Labute approximate surface area is 155 Å². The first-order valence-electron chi connectivity index (χ1n) is 9.01. The molecule has 1 saturated heterocycles. The number of phenolic OH excluding ortho intramolecular Hbond substituents is 1. The number of halogens is 2. The van der Waals surface area contributed by atoms with Crippen molar-refractivity contribution < 1.29 is 23.4 Å². The first kappa shape index (κ1) is 17.9. The summed E-state index contributed by atoms with van der Waals surface area (Å²) in [6, 6.07) is 6.93. The van der Waals surface area contributed by atoms with Crippen molar-refractivity contribution in [3.63, 3.8) is 0 Å². The van der Waals surface area contributed by atoms with E-state index in [1.54, 1.807) is 12.1 Å². The van der Waals surface area contributed by atoms with E-state index >= 15 is 0 Å². The molecule has 2 fully saturated rings. The van der Waals surface area contributed by atoms with Crippen LogP contribution in [0.2, 0.25) is 0 Å². The van der Waals surface area contributed by atoms with Crippen molar-refractivity contribution in [2.45, 2.75) is 18.9 Å². The Morgan fingerprint density at radius 2 is 1.96 bits per heavy atom. The molecule has 1 N–H and O–H groups in total. The fourth-order valence-electron chi connectivity index (χ4n) is 4.18. The molecule has 4 rings (SSSR count). The van der Waals surface area contributed by atoms with Gasteiger partial charge in [-0.25, -0.2) is 9.37 Å². The highest BCUT2D eigenvalue weighted by atomic mass is 19.1. The van der Waals surface area contributed by atoms with E-state index in [0.717, 1.165) is 32.0 Å². The molecule has 27 heavy (non-hydrogen) atoms. The standard InChI is InChI=1S/C20H20F2N2O3/c21-16-8-12(3-4-17(16)25)18(26)11-24-9-13-6-15(7-14(13)10-24)27-19-2-1-5-23-20(19)22/h1-5,8,13-15,25H,6-7,9-11H2/t13-,14+,15+. The quantitative estimate of drug-likeness (QED) is 0.644. The van der Waals surface area contributed by atoms with Crippen LogP contribution in [0.5, 0.6) is 11.5 Å². The van der Waals surface area contributed by atoms with Gasteiger partial charge in [0.1, 0.15) is 0 Å². The lowest BCUT2D eigenvalue weighted by Crippen LogP contribution is -2.30. The number of carbonyl (C=O) groups is 1. The van der Waals surface area contributed by atoms with Gasteiger partial charge in [-0.15, -0.1) is 0 Å². The maximum Gasteiger partial charge on any atom is 0.255 e. The number of nitrogens with zero attached hydrogens (tertiary/aromatic N) is 2. The van der Waals surface area contributed by atoms with E-state index in [-0.39, 0.29) is 29.7 Å². The Morgan fingerprint density at radius 3 is 2.63 bits per heavy atom. The maximum absolute atomic E-state index is 13.6. The molecule has 0 bridgehead atoms. The van der Waals surface area contributed by atoms with E-state index in [1.165, 1.54) is 18.3 Å². The Balaban J connectivity index is 1.31. The SMILES string of the molecule is O=C(CN1C[C@H]2C[C@H](Oc3cccnc3F)C[C@H]2C1)c1ccc(O)c(F)c1. The van der Waals surface area contributed by atoms with Gasteiger partial charge in [0.15, 0.2) is 23.1 Å². The number of hydrogen-bond acceptors (Lipinski definition) is 5. The molecular weight excluding hydrogens is 354 g/mol. The van der Waals surface area contributed by atoms with E-state index < -0.39 is 17.5 Å². The summed E-state index contributed by atoms with van der Waals surface area (Å²) in [6.07, 6.45) is 2.98. The minimum atomic E-state index is -0.790. The van der Waals surface area contributed by atoms with Gasteiger partial charge >= 0.3 is 0 Å². The van der Waals surface area contributed by atoms with Gasteiger partial charge in [-0.3, -0.25) is 9.69 Å². The van der Waals surface area contributed by atoms with Gasteiger partial charge in [-0.05, 0) is 55.0 Å². The summed E-state index contributed by atoms with van der Waals surface area (Å²) in [4.78, 5) is 18.0. The zero-order valence-corrected chi connectivity index (χ0v) is 14.6. The highest BCUT2D eigenvalue weighted by Gasteiger charge is 2.42. The lowest BCUT2D eigenvalue weighted by molar-refractivity contribution is 0.0935. The Morgan fingerprint density at radius 1 is 1.22 bits per heavy atom. The van der Waals surface area contributed by atoms with Gasteiger partial charge in [-0.2, -0.15) is 4.39 Å². The molecular formula is C20H20F2N2O3. The van der Waals surface area contributed by atoms with Crippen molar-refractivity contribution in [2.75, 3.05) is 19.6 Å². The van der Waals surface area contributed by atoms with Gasteiger partial charge in [0.2, 0.25) is 0 Å². The van der Waals surface area contributed by atoms with Crippen molar-refractivity contribution in [3.05, 3.63) is 53.9 Å². The molecule has 1 aliphatic heterocycles. The van der Waals surface area contributed by atoms with Gasteiger partial charge in [0.05, 0.1) is 12.6 Å². The molecule has 3 atom stereocenters. The molecule has 0 amide bonds. The van der Waals surface area contributed by atoms with Crippen molar-refractivity contribution in [2.24, 2.45) is 11.8 Å². The number of ketones is 1. The average molecular weight is 374 g/mol. The lowest BCUT2D eigenvalue weighted by atomic mass is 10.0. The summed E-state index contributed by atoms with van der Waals surface area (Å²) >= 11 is 0. The summed E-state index contributed by atoms with van der Waals surface area (Å²) in [5.41, 5.74) is 0.260. The number of ether oxygens (including phenoxy) is 1. The zero-order chi connectivity index (χ0) is 19.0. The van der Waals surface area contributed by atoms with E-state index in [4.69, 9.17) is 4.74 Å². The minimum Gasteiger partial charge on any atom is -0.505 e. The van der Waals surface area contributed by atoms with Crippen LogP contribution in [0.25, 0.3) is 0 Å². The predicted molar refractivity (Wildman–Crippen MR) is 93.7 cm³/mol. The molecule has 0 unspecified atom stereocenters. The van der Waals surface area contributed by atoms with Crippen molar-refractivity contribution in [1.82, 2.24) is 9.88 Å². The van der Waals surface area contributed by atoms with Gasteiger partial charge < -0.3 is 9.84 Å². The molecule has 1 aromatic carbocycles. The molecule has 1 saturated carbocycles. The summed E-state index contributed by atoms with van der Waals surface area (Å²) < 4.78 is 32.8. The van der Waals surface area contributed by atoms with Crippen LogP contribution in [0, 0.1) is 23.6 Å². The Kier molecular flexibility index (Phi) is 4.78. The normalized spacial score (nSPS) is 24.7. The fraction of sp³-hybridized carbons (Fsp3) is 0.400. The number of pyridine rings is 1. The number of benzene rings is 1. The van der Waals surface area contributed by atoms with Crippen LogP contribution >= 0.6 is 0 Å². The van der Waals surface area contributed by atoms with Gasteiger partial charge in [-0.1, -0.05) is 0 Å². The molecule has 0 radical (unpaired) electrons. The summed E-state index contributed by atoms with van der Waals surface area (Å²) in [5.74, 6) is -1.02. The number of rotatable bonds is 5. The van der Waals surface area contributed by atoms with Crippen LogP contribution in [0.3, 0.4) is 0 Å². The molecule has 2 heterocycles. The number of fused-ring (bicyclic) bond motifs is 1. The highest BCUT2D eigenvalue weighted by molar-refractivity contribution is 5.97. The van der Waals surface area contributed by atoms with Crippen LogP contribution in [-0.4, -0.2) is 46.5 Å². The van der Waals surface area contributed by atoms with E-state index in [0.29, 0.717) is 11.8 Å². The van der Waals surface area contributed by atoms with E-state index in [1.807, 2.05) is 0 Å². The smallest absolute Gasteiger partial charge is 0.255 e. The first-order valence-corrected chi connectivity index (χ1v) is 9.01.